The van der Waals surface area contributed by atoms with Gasteiger partial charge in [-0.15, -0.1) is 0 Å². The highest BCUT2D eigenvalue weighted by molar-refractivity contribution is 9.10. The molecule has 0 saturated carbocycles. The largest absolute Gasteiger partial charge is 0.330 e. The number of hydrogen-bond acceptors (Lipinski definition) is 2. The van der Waals surface area contributed by atoms with Crippen molar-refractivity contribution in [2.24, 2.45) is 0 Å². The van der Waals surface area contributed by atoms with Gasteiger partial charge >= 0.3 is 0 Å². The highest BCUT2D eigenvalue weighted by Gasteiger charge is 2.17. The monoisotopic (exact) mass is 380 g/mol. The number of aromatic nitrogens is 1. The van der Waals surface area contributed by atoms with Crippen LogP contribution in [-0.2, 0) is 13.1 Å². The number of nitrogens with zero attached hydrogens (tertiary/aromatic N) is 2. The lowest BCUT2D eigenvalue weighted by molar-refractivity contribution is 0.0730. The number of hydrogen-bond donors (Lipinski definition) is 0. The number of halogens is 1. The van der Waals surface area contributed by atoms with E-state index in [4.69, 9.17) is 0 Å². The van der Waals surface area contributed by atoms with Crippen molar-refractivity contribution in [1.82, 2.24) is 9.88 Å². The third-order valence-corrected chi connectivity index (χ3v) is 4.13. The Morgan fingerprint density at radius 2 is 1.42 bits per heavy atom. The standard InChI is InChI=1S/C20H17BrN2O/c21-19-13-18(11-12-22-19)20(24)23(14-16-7-3-1-4-8-16)15-17-9-5-2-6-10-17/h1-13H,14-15H2. The zero-order valence-electron chi connectivity index (χ0n) is 13.1. The lowest BCUT2D eigenvalue weighted by Crippen LogP contribution is -2.30. The molecule has 1 amide bonds. The predicted octanol–water partition coefficient (Wildman–Crippen LogP) is 4.69. The minimum absolute atomic E-state index is 0.00851. The van der Waals surface area contributed by atoms with Gasteiger partial charge in [-0.1, -0.05) is 60.7 Å². The maximum Gasteiger partial charge on any atom is 0.254 e. The zero-order chi connectivity index (χ0) is 16.8. The fraction of sp³-hybridized carbons (Fsp3) is 0.100. The molecule has 0 bridgehead atoms. The van der Waals surface area contributed by atoms with Gasteiger partial charge in [0.25, 0.3) is 5.91 Å². The van der Waals surface area contributed by atoms with E-state index in [1.165, 1.54) is 0 Å². The smallest absolute Gasteiger partial charge is 0.254 e. The molecule has 24 heavy (non-hydrogen) atoms. The number of pyridine rings is 1. The highest BCUT2D eigenvalue weighted by atomic mass is 79.9. The molecule has 3 aromatic rings. The number of amides is 1. The zero-order valence-corrected chi connectivity index (χ0v) is 14.7. The van der Waals surface area contributed by atoms with Crippen LogP contribution in [0.2, 0.25) is 0 Å². The summed E-state index contributed by atoms with van der Waals surface area (Å²) in [4.78, 5) is 18.9. The summed E-state index contributed by atoms with van der Waals surface area (Å²) in [5.41, 5.74) is 2.84. The van der Waals surface area contributed by atoms with E-state index in [2.05, 4.69) is 20.9 Å². The van der Waals surface area contributed by atoms with Crippen molar-refractivity contribution in [3.63, 3.8) is 0 Å². The third-order valence-electron chi connectivity index (χ3n) is 3.69. The Morgan fingerprint density at radius 3 is 1.92 bits per heavy atom. The summed E-state index contributed by atoms with van der Waals surface area (Å²) in [6.07, 6.45) is 1.64. The van der Waals surface area contributed by atoms with Crippen molar-refractivity contribution in [3.8, 4) is 0 Å². The molecule has 0 aliphatic heterocycles. The Morgan fingerprint density at radius 1 is 0.875 bits per heavy atom. The molecular weight excluding hydrogens is 364 g/mol. The van der Waals surface area contributed by atoms with Crippen LogP contribution in [0, 0.1) is 0 Å². The van der Waals surface area contributed by atoms with Gasteiger partial charge in [-0.2, -0.15) is 0 Å². The molecule has 2 aromatic carbocycles. The summed E-state index contributed by atoms with van der Waals surface area (Å²) < 4.78 is 0.660. The molecule has 0 saturated heterocycles. The van der Waals surface area contributed by atoms with Gasteiger partial charge in [0, 0.05) is 24.8 Å². The topological polar surface area (TPSA) is 33.2 Å². The maximum atomic E-state index is 13.0. The molecule has 0 spiro atoms. The molecule has 0 atom stereocenters. The van der Waals surface area contributed by atoms with Crippen LogP contribution in [0.4, 0.5) is 0 Å². The summed E-state index contributed by atoms with van der Waals surface area (Å²) in [6, 6.07) is 23.6. The Bertz CT molecular complexity index is 765. The summed E-state index contributed by atoms with van der Waals surface area (Å²) in [5.74, 6) is -0.00851. The van der Waals surface area contributed by atoms with Crippen LogP contribution in [0.5, 0.6) is 0 Å². The summed E-state index contributed by atoms with van der Waals surface area (Å²) in [6.45, 7) is 1.13. The quantitative estimate of drug-likeness (QED) is 0.601. The van der Waals surface area contributed by atoms with Gasteiger partial charge in [-0.25, -0.2) is 4.98 Å². The van der Waals surface area contributed by atoms with E-state index in [0.717, 1.165) is 11.1 Å². The average molecular weight is 381 g/mol. The second-order valence-corrected chi connectivity index (χ2v) is 6.31. The Balaban J connectivity index is 1.87. The van der Waals surface area contributed by atoms with Gasteiger partial charge < -0.3 is 4.90 Å². The van der Waals surface area contributed by atoms with Crippen LogP contribution in [0.3, 0.4) is 0 Å². The normalized spacial score (nSPS) is 10.4. The first kappa shape index (κ1) is 16.4. The molecule has 1 heterocycles. The molecular formula is C20H17BrN2O. The molecule has 0 fully saturated rings. The maximum absolute atomic E-state index is 13.0. The van der Waals surface area contributed by atoms with Gasteiger partial charge in [-0.3, -0.25) is 4.79 Å². The van der Waals surface area contributed by atoms with E-state index in [0.29, 0.717) is 23.3 Å². The third kappa shape index (κ3) is 4.30. The number of benzene rings is 2. The Labute approximate surface area is 150 Å². The van der Waals surface area contributed by atoms with Gasteiger partial charge in [0.05, 0.1) is 0 Å². The summed E-state index contributed by atoms with van der Waals surface area (Å²) >= 11 is 3.33. The van der Waals surface area contributed by atoms with E-state index in [1.807, 2.05) is 65.6 Å². The van der Waals surface area contributed by atoms with E-state index in [9.17, 15) is 4.79 Å². The fourth-order valence-corrected chi connectivity index (χ4v) is 2.89. The van der Waals surface area contributed by atoms with Crippen LogP contribution >= 0.6 is 15.9 Å². The SMILES string of the molecule is O=C(c1ccnc(Br)c1)N(Cc1ccccc1)Cc1ccccc1. The average Bonchev–Trinajstić information content (AvgIpc) is 2.62. The van der Waals surface area contributed by atoms with E-state index >= 15 is 0 Å². The number of carbonyl (C=O) groups is 1. The van der Waals surface area contributed by atoms with Gasteiger partial charge in [0.15, 0.2) is 0 Å². The van der Waals surface area contributed by atoms with Crippen molar-refractivity contribution in [3.05, 3.63) is 100 Å². The molecule has 4 heteroatoms. The molecule has 1 aromatic heterocycles. The van der Waals surface area contributed by atoms with E-state index in [1.54, 1.807) is 18.3 Å². The first-order chi connectivity index (χ1) is 11.7. The first-order valence-electron chi connectivity index (χ1n) is 7.71. The number of carbonyl (C=O) groups excluding carboxylic acids is 1. The van der Waals surface area contributed by atoms with Crippen LogP contribution in [0.25, 0.3) is 0 Å². The van der Waals surface area contributed by atoms with Crippen LogP contribution in [0.1, 0.15) is 21.5 Å². The van der Waals surface area contributed by atoms with E-state index in [-0.39, 0.29) is 5.91 Å². The molecule has 120 valence electrons. The second kappa shape index (κ2) is 7.88. The molecule has 0 aliphatic rings. The Hall–Kier alpha value is -2.46. The van der Waals surface area contributed by atoms with Gasteiger partial charge in [0.1, 0.15) is 4.60 Å². The minimum Gasteiger partial charge on any atom is -0.330 e. The summed E-state index contributed by atoms with van der Waals surface area (Å²) in [5, 5.41) is 0. The van der Waals surface area contributed by atoms with Crippen LogP contribution in [0.15, 0.2) is 83.6 Å². The van der Waals surface area contributed by atoms with Gasteiger partial charge in [0.2, 0.25) is 0 Å². The fourth-order valence-electron chi connectivity index (χ4n) is 2.53. The van der Waals surface area contributed by atoms with Crippen molar-refractivity contribution >= 4 is 21.8 Å². The first-order valence-corrected chi connectivity index (χ1v) is 8.50. The van der Waals surface area contributed by atoms with Crippen LogP contribution < -0.4 is 0 Å². The molecule has 0 aliphatic carbocycles. The highest BCUT2D eigenvalue weighted by Crippen LogP contribution is 2.16. The predicted molar refractivity (Wildman–Crippen MR) is 98.4 cm³/mol. The lowest BCUT2D eigenvalue weighted by atomic mass is 10.1. The molecule has 0 radical (unpaired) electrons. The summed E-state index contributed by atoms with van der Waals surface area (Å²) in [7, 11) is 0. The molecule has 0 unspecified atom stereocenters. The molecule has 0 N–H and O–H groups in total. The lowest BCUT2D eigenvalue weighted by Gasteiger charge is -2.23. The van der Waals surface area contributed by atoms with Crippen molar-refractivity contribution in [2.45, 2.75) is 13.1 Å². The van der Waals surface area contributed by atoms with Crippen LogP contribution in [-0.4, -0.2) is 15.8 Å². The van der Waals surface area contributed by atoms with Crippen molar-refractivity contribution < 1.29 is 4.79 Å². The molecule has 3 nitrogen and oxygen atoms in total. The minimum atomic E-state index is -0.00851. The van der Waals surface area contributed by atoms with Crippen molar-refractivity contribution in [1.29, 1.82) is 0 Å². The van der Waals surface area contributed by atoms with Gasteiger partial charge in [-0.05, 0) is 39.2 Å². The number of rotatable bonds is 5. The second-order valence-electron chi connectivity index (χ2n) is 5.50. The van der Waals surface area contributed by atoms with Crippen molar-refractivity contribution in [2.75, 3.05) is 0 Å². The van der Waals surface area contributed by atoms with E-state index < -0.39 is 0 Å². The molecule has 3 rings (SSSR count). The Kier molecular flexibility index (Phi) is 5.39.